The zero-order valence-corrected chi connectivity index (χ0v) is 11.5. The number of halogens is 1. The van der Waals surface area contributed by atoms with Crippen molar-refractivity contribution in [1.82, 2.24) is 4.90 Å². The van der Waals surface area contributed by atoms with Crippen LogP contribution in [0.4, 0.5) is 5.69 Å². The molecule has 1 aromatic carbocycles. The number of nitrogens with one attached hydrogen (secondary N) is 1. The van der Waals surface area contributed by atoms with Crippen LogP contribution in [0.15, 0.2) is 18.2 Å². The fraction of sp³-hybridized carbons (Fsp3) is 0.500. The van der Waals surface area contributed by atoms with E-state index in [1.54, 1.807) is 6.07 Å². The van der Waals surface area contributed by atoms with Crippen LogP contribution in [-0.4, -0.2) is 30.4 Å². The number of nitrogens with zero attached hydrogens (tertiary/aromatic N) is 1. The topological polar surface area (TPSA) is 32.3 Å². The van der Waals surface area contributed by atoms with Crippen LogP contribution in [0.3, 0.4) is 0 Å². The first-order valence-electron chi connectivity index (χ1n) is 6.43. The molecule has 3 nitrogen and oxygen atoms in total. The summed E-state index contributed by atoms with van der Waals surface area (Å²) >= 11 is 6.03. The molecule has 0 aromatic heterocycles. The first-order valence-corrected chi connectivity index (χ1v) is 6.81. The van der Waals surface area contributed by atoms with E-state index >= 15 is 0 Å². The standard InChI is InChI=1S/C14H19ClN2O/c1-11-5-6-12(9-13(11)15)16-14(18)10-17-7-3-2-4-8-17/h5-6,9H,2-4,7-8,10H2,1H3,(H,16,18). The van der Waals surface area contributed by atoms with E-state index in [1.807, 2.05) is 19.1 Å². The molecule has 18 heavy (non-hydrogen) atoms. The summed E-state index contributed by atoms with van der Waals surface area (Å²) in [5.74, 6) is 0.0387. The third-order valence-electron chi connectivity index (χ3n) is 3.27. The minimum atomic E-state index is 0.0387. The van der Waals surface area contributed by atoms with E-state index in [4.69, 9.17) is 11.6 Å². The van der Waals surface area contributed by atoms with Crippen molar-refractivity contribution in [3.63, 3.8) is 0 Å². The van der Waals surface area contributed by atoms with Gasteiger partial charge in [0.25, 0.3) is 0 Å². The number of carbonyl (C=O) groups excluding carboxylic acids is 1. The zero-order valence-electron chi connectivity index (χ0n) is 10.7. The van der Waals surface area contributed by atoms with Crippen LogP contribution < -0.4 is 5.32 Å². The summed E-state index contributed by atoms with van der Waals surface area (Å²) in [6, 6.07) is 5.60. The van der Waals surface area contributed by atoms with Crippen molar-refractivity contribution in [2.75, 3.05) is 25.0 Å². The normalized spacial score (nSPS) is 16.6. The molecule has 0 unspecified atom stereocenters. The Morgan fingerprint density at radius 1 is 1.33 bits per heavy atom. The average Bonchev–Trinajstić information content (AvgIpc) is 2.35. The summed E-state index contributed by atoms with van der Waals surface area (Å²) in [6.07, 6.45) is 3.68. The molecular formula is C14H19ClN2O. The first-order chi connectivity index (χ1) is 8.65. The molecule has 1 heterocycles. The van der Waals surface area contributed by atoms with Gasteiger partial charge >= 0.3 is 0 Å². The Morgan fingerprint density at radius 2 is 2.06 bits per heavy atom. The molecule has 1 saturated heterocycles. The highest BCUT2D eigenvalue weighted by molar-refractivity contribution is 6.31. The molecule has 0 spiro atoms. The maximum Gasteiger partial charge on any atom is 0.238 e. The van der Waals surface area contributed by atoms with Crippen molar-refractivity contribution in [2.45, 2.75) is 26.2 Å². The van der Waals surface area contributed by atoms with Crippen LogP contribution in [-0.2, 0) is 4.79 Å². The molecule has 98 valence electrons. The number of carbonyl (C=O) groups is 1. The lowest BCUT2D eigenvalue weighted by Crippen LogP contribution is -2.36. The lowest BCUT2D eigenvalue weighted by molar-refractivity contribution is -0.117. The highest BCUT2D eigenvalue weighted by Crippen LogP contribution is 2.20. The Hall–Kier alpha value is -1.06. The van der Waals surface area contributed by atoms with E-state index in [0.29, 0.717) is 11.6 Å². The molecule has 4 heteroatoms. The van der Waals surface area contributed by atoms with Crippen LogP contribution in [0.2, 0.25) is 5.02 Å². The SMILES string of the molecule is Cc1ccc(NC(=O)CN2CCCCC2)cc1Cl. The zero-order chi connectivity index (χ0) is 13.0. The summed E-state index contributed by atoms with van der Waals surface area (Å²) in [4.78, 5) is 14.1. The smallest absolute Gasteiger partial charge is 0.238 e. The van der Waals surface area contributed by atoms with Crippen molar-refractivity contribution in [3.8, 4) is 0 Å². The molecule has 0 atom stereocenters. The number of aryl methyl sites for hydroxylation is 1. The van der Waals surface area contributed by atoms with Crippen LogP contribution >= 0.6 is 11.6 Å². The van der Waals surface area contributed by atoms with E-state index in [1.165, 1.54) is 19.3 Å². The first kappa shape index (κ1) is 13.4. The monoisotopic (exact) mass is 266 g/mol. The lowest BCUT2D eigenvalue weighted by Gasteiger charge is -2.25. The number of piperidine rings is 1. The predicted molar refractivity (Wildman–Crippen MR) is 75.1 cm³/mol. The number of amides is 1. The summed E-state index contributed by atoms with van der Waals surface area (Å²) in [5, 5.41) is 3.58. The maximum absolute atomic E-state index is 11.9. The van der Waals surface area contributed by atoms with Crippen molar-refractivity contribution in [2.24, 2.45) is 0 Å². The second kappa shape index (κ2) is 6.21. The molecular weight excluding hydrogens is 248 g/mol. The third kappa shape index (κ3) is 3.72. The van der Waals surface area contributed by atoms with Crippen molar-refractivity contribution < 1.29 is 4.79 Å². The van der Waals surface area contributed by atoms with Crippen LogP contribution in [0.25, 0.3) is 0 Å². The Morgan fingerprint density at radius 3 is 2.72 bits per heavy atom. The van der Waals surface area contributed by atoms with Gasteiger partial charge in [-0.05, 0) is 50.6 Å². The van der Waals surface area contributed by atoms with Gasteiger partial charge in [0.2, 0.25) is 5.91 Å². The van der Waals surface area contributed by atoms with Gasteiger partial charge in [-0.15, -0.1) is 0 Å². The predicted octanol–water partition coefficient (Wildman–Crippen LogP) is 3.07. The second-order valence-electron chi connectivity index (χ2n) is 4.85. The van der Waals surface area contributed by atoms with Gasteiger partial charge in [0, 0.05) is 10.7 Å². The van der Waals surface area contributed by atoms with Gasteiger partial charge in [-0.3, -0.25) is 9.69 Å². The third-order valence-corrected chi connectivity index (χ3v) is 3.68. The minimum Gasteiger partial charge on any atom is -0.325 e. The van der Waals surface area contributed by atoms with Gasteiger partial charge in [-0.25, -0.2) is 0 Å². The number of rotatable bonds is 3. The highest BCUT2D eigenvalue weighted by Gasteiger charge is 2.13. The molecule has 1 aromatic rings. The molecule has 0 saturated carbocycles. The van der Waals surface area contributed by atoms with Gasteiger partial charge in [0.1, 0.15) is 0 Å². The molecule has 1 aliphatic heterocycles. The minimum absolute atomic E-state index is 0.0387. The summed E-state index contributed by atoms with van der Waals surface area (Å²) in [6.45, 7) is 4.48. The molecule has 0 aliphatic carbocycles. The van der Waals surface area contributed by atoms with Crippen LogP contribution in [0, 0.1) is 6.92 Å². The number of hydrogen-bond donors (Lipinski definition) is 1. The van der Waals surface area contributed by atoms with Crippen molar-refractivity contribution >= 4 is 23.2 Å². The summed E-state index contributed by atoms with van der Waals surface area (Å²) < 4.78 is 0. The largest absolute Gasteiger partial charge is 0.325 e. The van der Waals surface area contributed by atoms with Gasteiger partial charge < -0.3 is 5.32 Å². The van der Waals surface area contributed by atoms with E-state index in [2.05, 4.69) is 10.2 Å². The number of likely N-dealkylation sites (tertiary alicyclic amines) is 1. The van der Waals surface area contributed by atoms with Gasteiger partial charge in [-0.1, -0.05) is 24.1 Å². The number of benzene rings is 1. The van der Waals surface area contributed by atoms with Crippen molar-refractivity contribution in [3.05, 3.63) is 28.8 Å². The van der Waals surface area contributed by atoms with E-state index in [0.717, 1.165) is 24.3 Å². The molecule has 0 bridgehead atoms. The van der Waals surface area contributed by atoms with Crippen LogP contribution in [0.5, 0.6) is 0 Å². The Labute approximate surface area is 113 Å². The van der Waals surface area contributed by atoms with Gasteiger partial charge in [0.05, 0.1) is 6.54 Å². The van der Waals surface area contributed by atoms with Gasteiger partial charge in [-0.2, -0.15) is 0 Å². The molecule has 1 fully saturated rings. The molecule has 1 amide bonds. The highest BCUT2D eigenvalue weighted by atomic mass is 35.5. The fourth-order valence-electron chi connectivity index (χ4n) is 2.19. The van der Waals surface area contributed by atoms with E-state index in [9.17, 15) is 4.79 Å². The summed E-state index contributed by atoms with van der Waals surface area (Å²) in [7, 11) is 0. The second-order valence-corrected chi connectivity index (χ2v) is 5.26. The van der Waals surface area contributed by atoms with E-state index in [-0.39, 0.29) is 5.91 Å². The number of hydrogen-bond acceptors (Lipinski definition) is 2. The quantitative estimate of drug-likeness (QED) is 0.912. The number of anilines is 1. The van der Waals surface area contributed by atoms with Crippen molar-refractivity contribution in [1.29, 1.82) is 0 Å². The van der Waals surface area contributed by atoms with Crippen LogP contribution in [0.1, 0.15) is 24.8 Å². The molecule has 1 N–H and O–H groups in total. The Kier molecular flexibility index (Phi) is 4.61. The summed E-state index contributed by atoms with van der Waals surface area (Å²) in [5.41, 5.74) is 1.79. The molecule has 0 radical (unpaired) electrons. The fourth-order valence-corrected chi connectivity index (χ4v) is 2.37. The Balaban J connectivity index is 1.88. The molecule has 1 aliphatic rings. The Bertz CT molecular complexity index is 428. The van der Waals surface area contributed by atoms with Gasteiger partial charge in [0.15, 0.2) is 0 Å². The molecule has 2 rings (SSSR count). The average molecular weight is 267 g/mol. The lowest BCUT2D eigenvalue weighted by atomic mass is 10.1. The van der Waals surface area contributed by atoms with E-state index < -0.39 is 0 Å². The maximum atomic E-state index is 11.9.